The van der Waals surface area contributed by atoms with Crippen LogP contribution >= 0.6 is 0 Å². The predicted octanol–water partition coefficient (Wildman–Crippen LogP) is 6.30. The highest BCUT2D eigenvalue weighted by molar-refractivity contribution is 5.92. The number of hydrogen-bond acceptors (Lipinski definition) is 5. The van der Waals surface area contributed by atoms with Crippen LogP contribution in [-0.4, -0.2) is 33.2 Å². The summed E-state index contributed by atoms with van der Waals surface area (Å²) >= 11 is 0. The van der Waals surface area contributed by atoms with Gasteiger partial charge in [0.25, 0.3) is 0 Å². The lowest BCUT2D eigenvalue weighted by atomic mass is 9.84. The van der Waals surface area contributed by atoms with E-state index in [0.717, 1.165) is 11.1 Å². The number of carbonyl (C=O) groups excluding carboxylic acids is 1. The van der Waals surface area contributed by atoms with Crippen LogP contribution in [0.3, 0.4) is 0 Å². The molecular weight excluding hydrogens is 452 g/mol. The lowest BCUT2D eigenvalue weighted by Crippen LogP contribution is -2.29. The van der Waals surface area contributed by atoms with Crippen LogP contribution in [0.4, 0.5) is 0 Å². The normalized spacial score (nSPS) is 12.3. The van der Waals surface area contributed by atoms with E-state index in [4.69, 9.17) is 18.9 Å². The molecule has 2 unspecified atom stereocenters. The molecule has 2 atom stereocenters. The van der Waals surface area contributed by atoms with Gasteiger partial charge in [-0.1, -0.05) is 84.9 Å². The van der Waals surface area contributed by atoms with E-state index in [9.17, 15) is 4.79 Å². The summed E-state index contributed by atoms with van der Waals surface area (Å²) in [4.78, 5) is 14.2. The summed E-state index contributed by atoms with van der Waals surface area (Å²) in [5, 5.41) is 0. The van der Waals surface area contributed by atoms with E-state index in [1.54, 1.807) is 14.2 Å². The van der Waals surface area contributed by atoms with E-state index in [0.29, 0.717) is 23.0 Å². The molecule has 5 heteroatoms. The maximum atomic E-state index is 14.2. The Balaban J connectivity index is 1.63. The standard InChI is InChI=1S/C31H30O5/c1-33-27-17-9-11-19-29(27)35-21-25(23-13-5-3-6-14-23)31(32)26(24-15-7-4-8-16-24)22-36-30-20-12-10-18-28(30)34-2/h3-20,25-26H,21-22H2,1-2H3. The van der Waals surface area contributed by atoms with E-state index >= 15 is 0 Å². The topological polar surface area (TPSA) is 54.0 Å². The first kappa shape index (κ1) is 24.9. The minimum absolute atomic E-state index is 0.0113. The monoisotopic (exact) mass is 482 g/mol. The molecule has 0 heterocycles. The average molecular weight is 483 g/mol. The molecule has 0 radical (unpaired) electrons. The fourth-order valence-electron chi connectivity index (χ4n) is 4.12. The molecule has 0 aliphatic heterocycles. The summed E-state index contributed by atoms with van der Waals surface area (Å²) in [6, 6.07) is 34.3. The third kappa shape index (κ3) is 6.05. The molecule has 0 fully saturated rings. The van der Waals surface area contributed by atoms with Crippen LogP contribution in [0.2, 0.25) is 0 Å². The van der Waals surface area contributed by atoms with Crippen molar-refractivity contribution >= 4 is 5.78 Å². The number of ketones is 1. The minimum atomic E-state index is -0.511. The van der Waals surface area contributed by atoms with Crippen LogP contribution in [0.25, 0.3) is 0 Å². The van der Waals surface area contributed by atoms with Crippen molar-refractivity contribution in [2.75, 3.05) is 27.4 Å². The number of para-hydroxylation sites is 4. The number of Topliss-reactive ketones (excluding diaryl/α,β-unsaturated/α-hetero) is 1. The lowest BCUT2D eigenvalue weighted by Gasteiger charge is -2.24. The Morgan fingerprint density at radius 1 is 0.528 bits per heavy atom. The van der Waals surface area contributed by atoms with E-state index < -0.39 is 11.8 Å². The molecule has 0 aromatic heterocycles. The molecule has 0 aliphatic rings. The van der Waals surface area contributed by atoms with Crippen molar-refractivity contribution in [2.24, 2.45) is 0 Å². The number of benzene rings is 4. The molecule has 0 N–H and O–H groups in total. The zero-order chi connectivity index (χ0) is 25.2. The minimum Gasteiger partial charge on any atom is -0.493 e. The van der Waals surface area contributed by atoms with Crippen molar-refractivity contribution in [2.45, 2.75) is 11.8 Å². The smallest absolute Gasteiger partial charge is 0.161 e. The summed E-state index contributed by atoms with van der Waals surface area (Å²) in [6.07, 6.45) is 0. The third-order valence-corrected chi connectivity index (χ3v) is 6.04. The summed E-state index contributed by atoms with van der Waals surface area (Å²) < 4.78 is 23.1. The zero-order valence-corrected chi connectivity index (χ0v) is 20.5. The summed E-state index contributed by atoms with van der Waals surface area (Å²) in [7, 11) is 3.20. The highest BCUT2D eigenvalue weighted by atomic mass is 16.5. The fourth-order valence-corrected chi connectivity index (χ4v) is 4.12. The molecule has 0 spiro atoms. The van der Waals surface area contributed by atoms with Crippen molar-refractivity contribution in [1.82, 2.24) is 0 Å². The van der Waals surface area contributed by atoms with E-state index in [-0.39, 0.29) is 19.0 Å². The molecule has 5 nitrogen and oxygen atoms in total. The first-order chi connectivity index (χ1) is 17.7. The first-order valence-corrected chi connectivity index (χ1v) is 11.9. The second kappa shape index (κ2) is 12.5. The van der Waals surface area contributed by atoms with Gasteiger partial charge in [0.05, 0.1) is 26.1 Å². The Morgan fingerprint density at radius 2 is 0.861 bits per heavy atom. The van der Waals surface area contributed by atoms with E-state index in [1.807, 2.05) is 109 Å². The first-order valence-electron chi connectivity index (χ1n) is 11.9. The third-order valence-electron chi connectivity index (χ3n) is 6.04. The Kier molecular flexibility index (Phi) is 8.60. The van der Waals surface area contributed by atoms with Crippen LogP contribution in [0, 0.1) is 0 Å². The summed E-state index contributed by atoms with van der Waals surface area (Å²) in [5.41, 5.74) is 1.77. The fraction of sp³-hybridized carbons (Fsp3) is 0.194. The molecule has 4 rings (SSSR count). The molecule has 0 aliphatic carbocycles. The van der Waals surface area contributed by atoms with Crippen LogP contribution in [0.15, 0.2) is 109 Å². The zero-order valence-electron chi connectivity index (χ0n) is 20.5. The van der Waals surface area contributed by atoms with Gasteiger partial charge in [-0.3, -0.25) is 4.79 Å². The van der Waals surface area contributed by atoms with Gasteiger partial charge < -0.3 is 18.9 Å². The Hall–Kier alpha value is -4.25. The van der Waals surface area contributed by atoms with Crippen molar-refractivity contribution < 1.29 is 23.7 Å². The highest BCUT2D eigenvalue weighted by Crippen LogP contribution is 2.33. The number of ether oxygens (including phenoxy) is 4. The maximum absolute atomic E-state index is 14.2. The number of rotatable bonds is 12. The maximum Gasteiger partial charge on any atom is 0.161 e. The van der Waals surface area contributed by atoms with Crippen LogP contribution in [0.5, 0.6) is 23.0 Å². The molecule has 0 saturated carbocycles. The van der Waals surface area contributed by atoms with Gasteiger partial charge in [-0.2, -0.15) is 0 Å². The average Bonchev–Trinajstić information content (AvgIpc) is 2.95. The molecular formula is C31H30O5. The van der Waals surface area contributed by atoms with Gasteiger partial charge in [0, 0.05) is 0 Å². The quantitative estimate of drug-likeness (QED) is 0.237. The number of methoxy groups -OCH3 is 2. The Bertz CT molecular complexity index is 1140. The second-order valence-corrected chi connectivity index (χ2v) is 8.25. The molecule has 36 heavy (non-hydrogen) atoms. The largest absolute Gasteiger partial charge is 0.493 e. The molecule has 0 amide bonds. The van der Waals surface area contributed by atoms with Crippen molar-refractivity contribution in [3.63, 3.8) is 0 Å². The predicted molar refractivity (Wildman–Crippen MR) is 140 cm³/mol. The Morgan fingerprint density at radius 3 is 1.22 bits per heavy atom. The summed E-state index contributed by atoms with van der Waals surface area (Å²) in [6.45, 7) is 0.336. The molecule has 4 aromatic carbocycles. The van der Waals surface area contributed by atoms with Crippen LogP contribution in [0.1, 0.15) is 23.0 Å². The molecule has 0 saturated heterocycles. The van der Waals surface area contributed by atoms with E-state index in [1.165, 1.54) is 0 Å². The van der Waals surface area contributed by atoms with Crippen LogP contribution in [-0.2, 0) is 4.79 Å². The molecule has 0 bridgehead atoms. The molecule has 184 valence electrons. The van der Waals surface area contributed by atoms with Crippen LogP contribution < -0.4 is 18.9 Å². The van der Waals surface area contributed by atoms with Gasteiger partial charge >= 0.3 is 0 Å². The SMILES string of the molecule is COc1ccccc1OCC(C(=O)C(COc1ccccc1OC)c1ccccc1)c1ccccc1. The van der Waals surface area contributed by atoms with Gasteiger partial charge in [-0.05, 0) is 35.4 Å². The number of hydrogen-bond donors (Lipinski definition) is 0. The van der Waals surface area contributed by atoms with Gasteiger partial charge in [0.15, 0.2) is 28.8 Å². The van der Waals surface area contributed by atoms with Crippen molar-refractivity contribution in [1.29, 1.82) is 0 Å². The second-order valence-electron chi connectivity index (χ2n) is 8.25. The van der Waals surface area contributed by atoms with Gasteiger partial charge in [-0.25, -0.2) is 0 Å². The van der Waals surface area contributed by atoms with Crippen molar-refractivity contribution in [3.05, 3.63) is 120 Å². The molecule has 4 aromatic rings. The van der Waals surface area contributed by atoms with Crippen molar-refractivity contribution in [3.8, 4) is 23.0 Å². The van der Waals surface area contributed by atoms with E-state index in [2.05, 4.69) is 0 Å². The highest BCUT2D eigenvalue weighted by Gasteiger charge is 2.31. The lowest BCUT2D eigenvalue weighted by molar-refractivity contribution is -0.123. The van der Waals surface area contributed by atoms with Gasteiger partial charge in [0.2, 0.25) is 0 Å². The number of carbonyl (C=O) groups is 1. The summed E-state index contributed by atoms with van der Waals surface area (Å²) in [5.74, 6) is 1.42. The van der Waals surface area contributed by atoms with Gasteiger partial charge in [0.1, 0.15) is 13.2 Å². The Labute approximate surface area is 212 Å². The van der Waals surface area contributed by atoms with Gasteiger partial charge in [-0.15, -0.1) is 0 Å².